The molecule has 4 nitrogen and oxygen atoms in total. The van der Waals surface area contributed by atoms with Crippen molar-refractivity contribution in [2.75, 3.05) is 12.4 Å². The Kier molecular flexibility index (Phi) is 6.35. The first-order chi connectivity index (χ1) is 9.08. The zero-order valence-electron chi connectivity index (χ0n) is 12.3. The van der Waals surface area contributed by atoms with E-state index in [0.717, 1.165) is 25.0 Å². The lowest BCUT2D eigenvalue weighted by atomic mass is 10.1. The Morgan fingerprint density at radius 3 is 2.53 bits per heavy atom. The van der Waals surface area contributed by atoms with Gasteiger partial charge in [-0.2, -0.15) is 5.10 Å². The predicted molar refractivity (Wildman–Crippen MR) is 78.7 cm³/mol. The summed E-state index contributed by atoms with van der Waals surface area (Å²) in [6, 6.07) is 0.246. The van der Waals surface area contributed by atoms with E-state index in [0.29, 0.717) is 18.0 Å². The molecule has 108 valence electrons. The predicted octanol–water partition coefficient (Wildman–Crippen LogP) is 2.85. The van der Waals surface area contributed by atoms with Crippen LogP contribution in [0, 0.1) is 0 Å². The molecule has 0 aliphatic heterocycles. The Morgan fingerprint density at radius 2 is 2.05 bits per heavy atom. The molecule has 0 N–H and O–H groups in total. The third-order valence-electron chi connectivity index (χ3n) is 3.44. The van der Waals surface area contributed by atoms with Crippen molar-refractivity contribution in [3.8, 4) is 0 Å². The number of alkyl halides is 1. The molecule has 0 aromatic carbocycles. The highest BCUT2D eigenvalue weighted by Crippen LogP contribution is 2.16. The quantitative estimate of drug-likeness (QED) is 0.723. The van der Waals surface area contributed by atoms with Crippen molar-refractivity contribution in [1.29, 1.82) is 0 Å². The van der Waals surface area contributed by atoms with E-state index >= 15 is 0 Å². The molecule has 1 amide bonds. The van der Waals surface area contributed by atoms with E-state index in [2.05, 4.69) is 18.9 Å². The van der Waals surface area contributed by atoms with Crippen molar-refractivity contribution in [2.45, 2.75) is 46.1 Å². The second kappa shape index (κ2) is 7.53. The first-order valence-electron chi connectivity index (χ1n) is 6.98. The van der Waals surface area contributed by atoms with Gasteiger partial charge < -0.3 is 4.90 Å². The third kappa shape index (κ3) is 3.72. The van der Waals surface area contributed by atoms with Gasteiger partial charge in [-0.3, -0.25) is 9.48 Å². The summed E-state index contributed by atoms with van der Waals surface area (Å²) in [5.41, 5.74) is 1.57. The summed E-state index contributed by atoms with van der Waals surface area (Å²) >= 11 is 5.85. The fraction of sp³-hybridized carbons (Fsp3) is 0.714. The average molecular weight is 286 g/mol. The minimum atomic E-state index is 0.0549. The number of hydrogen-bond acceptors (Lipinski definition) is 2. The topological polar surface area (TPSA) is 38.1 Å². The molecular formula is C14H24ClN3O. The molecule has 5 heteroatoms. The lowest BCUT2D eigenvalue weighted by molar-refractivity contribution is 0.0680. The zero-order valence-corrected chi connectivity index (χ0v) is 13.1. The van der Waals surface area contributed by atoms with E-state index in [4.69, 9.17) is 11.6 Å². The minimum absolute atomic E-state index is 0.0549. The molecule has 19 heavy (non-hydrogen) atoms. The summed E-state index contributed by atoms with van der Waals surface area (Å²) < 4.78 is 1.71. The minimum Gasteiger partial charge on any atom is -0.334 e. The number of aromatic nitrogens is 2. The lowest BCUT2D eigenvalue weighted by Gasteiger charge is -2.30. The molecule has 0 aliphatic rings. The Bertz CT molecular complexity index is 413. The summed E-state index contributed by atoms with van der Waals surface area (Å²) in [6.45, 7) is 6.81. The van der Waals surface area contributed by atoms with Crippen molar-refractivity contribution in [3.05, 3.63) is 17.5 Å². The highest BCUT2D eigenvalue weighted by atomic mass is 35.5. The van der Waals surface area contributed by atoms with Crippen LogP contribution < -0.4 is 0 Å². The van der Waals surface area contributed by atoms with E-state index in [9.17, 15) is 4.79 Å². The first-order valence-corrected chi connectivity index (χ1v) is 7.51. The maximum atomic E-state index is 12.7. The lowest BCUT2D eigenvalue weighted by Crippen LogP contribution is -2.41. The van der Waals surface area contributed by atoms with Crippen LogP contribution in [0.25, 0.3) is 0 Å². The van der Waals surface area contributed by atoms with Crippen LogP contribution in [0.3, 0.4) is 0 Å². The normalized spacial score (nSPS) is 11.1. The van der Waals surface area contributed by atoms with Gasteiger partial charge >= 0.3 is 0 Å². The molecule has 1 aromatic heterocycles. The summed E-state index contributed by atoms with van der Waals surface area (Å²) in [7, 11) is 1.85. The van der Waals surface area contributed by atoms with Crippen molar-refractivity contribution < 1.29 is 4.79 Å². The number of hydrogen-bond donors (Lipinski definition) is 0. The van der Waals surface area contributed by atoms with Gasteiger partial charge in [0.2, 0.25) is 0 Å². The fourth-order valence-electron chi connectivity index (χ4n) is 2.40. The maximum Gasteiger partial charge on any atom is 0.257 e. The molecule has 0 unspecified atom stereocenters. The molecule has 1 aromatic rings. The smallest absolute Gasteiger partial charge is 0.257 e. The molecule has 1 rings (SSSR count). The van der Waals surface area contributed by atoms with E-state index in [1.807, 2.05) is 25.1 Å². The monoisotopic (exact) mass is 285 g/mol. The molecule has 0 spiro atoms. The highest BCUT2D eigenvalue weighted by Gasteiger charge is 2.25. The second-order valence-electron chi connectivity index (χ2n) is 4.67. The number of aryl methyl sites for hydroxylation is 2. The van der Waals surface area contributed by atoms with Gasteiger partial charge in [0.25, 0.3) is 5.91 Å². The number of carbonyl (C=O) groups is 1. The summed E-state index contributed by atoms with van der Waals surface area (Å²) in [4.78, 5) is 14.6. The van der Waals surface area contributed by atoms with E-state index in [1.165, 1.54) is 0 Å². The standard InChI is InChI=1S/C14H24ClN3O/c1-5-11(6-2)18(9-8-15)14(19)12-10-17(4)16-13(12)7-3/h10-11H,5-9H2,1-4H3. The number of rotatable bonds is 7. The van der Waals surface area contributed by atoms with Crippen LogP contribution in [0.2, 0.25) is 0 Å². The fourth-order valence-corrected chi connectivity index (χ4v) is 2.58. The molecule has 0 atom stereocenters. The highest BCUT2D eigenvalue weighted by molar-refractivity contribution is 6.18. The van der Waals surface area contributed by atoms with E-state index in [-0.39, 0.29) is 11.9 Å². The number of amides is 1. The molecule has 1 heterocycles. The Balaban J connectivity index is 3.04. The Labute approximate surface area is 120 Å². The first kappa shape index (κ1) is 16.0. The summed E-state index contributed by atoms with van der Waals surface area (Å²) in [5, 5.41) is 4.34. The van der Waals surface area contributed by atoms with Crippen molar-refractivity contribution in [3.63, 3.8) is 0 Å². The number of halogens is 1. The molecule has 0 radical (unpaired) electrons. The van der Waals surface area contributed by atoms with Gasteiger partial charge in [0.05, 0.1) is 11.3 Å². The SMILES string of the molecule is CCc1nn(C)cc1C(=O)N(CCCl)C(CC)CC. The number of carbonyl (C=O) groups excluding carboxylic acids is 1. The van der Waals surface area contributed by atoms with Crippen LogP contribution in [0.1, 0.15) is 49.7 Å². The van der Waals surface area contributed by atoms with Gasteiger partial charge in [-0.25, -0.2) is 0 Å². The van der Waals surface area contributed by atoms with Gasteiger partial charge in [-0.15, -0.1) is 11.6 Å². The van der Waals surface area contributed by atoms with Crippen LogP contribution in [-0.2, 0) is 13.5 Å². The van der Waals surface area contributed by atoms with Gasteiger partial charge in [-0.05, 0) is 19.3 Å². The van der Waals surface area contributed by atoms with Gasteiger partial charge in [0.1, 0.15) is 0 Å². The molecule has 0 bridgehead atoms. The Hall–Kier alpha value is -1.03. The van der Waals surface area contributed by atoms with Crippen molar-refractivity contribution in [2.24, 2.45) is 7.05 Å². The van der Waals surface area contributed by atoms with Crippen molar-refractivity contribution in [1.82, 2.24) is 14.7 Å². The van der Waals surface area contributed by atoms with Crippen LogP contribution in [0.15, 0.2) is 6.20 Å². The van der Waals surface area contributed by atoms with Gasteiger partial charge in [0, 0.05) is 31.7 Å². The number of nitrogens with zero attached hydrogens (tertiary/aromatic N) is 3. The van der Waals surface area contributed by atoms with Crippen LogP contribution in [0.4, 0.5) is 0 Å². The van der Waals surface area contributed by atoms with E-state index < -0.39 is 0 Å². The van der Waals surface area contributed by atoms with Crippen molar-refractivity contribution >= 4 is 17.5 Å². The summed E-state index contributed by atoms with van der Waals surface area (Å²) in [5.74, 6) is 0.517. The molecule has 0 fully saturated rings. The Morgan fingerprint density at radius 1 is 1.42 bits per heavy atom. The molecule has 0 aliphatic carbocycles. The van der Waals surface area contributed by atoms with E-state index in [1.54, 1.807) is 4.68 Å². The molecular weight excluding hydrogens is 262 g/mol. The van der Waals surface area contributed by atoms with Crippen LogP contribution >= 0.6 is 11.6 Å². The maximum absolute atomic E-state index is 12.7. The third-order valence-corrected chi connectivity index (χ3v) is 3.61. The van der Waals surface area contributed by atoms with Crippen LogP contribution in [0.5, 0.6) is 0 Å². The molecule has 0 saturated carbocycles. The van der Waals surface area contributed by atoms with Crippen LogP contribution in [-0.4, -0.2) is 39.1 Å². The van der Waals surface area contributed by atoms with Gasteiger partial charge in [0.15, 0.2) is 0 Å². The largest absolute Gasteiger partial charge is 0.334 e. The second-order valence-corrected chi connectivity index (χ2v) is 5.05. The molecule has 0 saturated heterocycles. The van der Waals surface area contributed by atoms with Gasteiger partial charge in [-0.1, -0.05) is 20.8 Å². The summed E-state index contributed by atoms with van der Waals surface area (Å²) in [6.07, 6.45) is 4.46. The zero-order chi connectivity index (χ0) is 14.4. The average Bonchev–Trinajstić information content (AvgIpc) is 2.79.